The summed E-state index contributed by atoms with van der Waals surface area (Å²) in [4.78, 5) is 57.4. The Balaban J connectivity index is 0.000000133. The van der Waals surface area contributed by atoms with Crippen LogP contribution in [-0.2, 0) is 0 Å². The molecule has 0 atom stereocenters. The summed E-state index contributed by atoms with van der Waals surface area (Å²) >= 11 is 0. The van der Waals surface area contributed by atoms with Gasteiger partial charge < -0.3 is 52.2 Å². The van der Waals surface area contributed by atoms with Gasteiger partial charge in [-0.15, -0.1) is 0 Å². The Morgan fingerprint density at radius 1 is 0.449 bits per heavy atom. The van der Waals surface area contributed by atoms with Crippen molar-refractivity contribution in [2.75, 3.05) is 99.8 Å². The van der Waals surface area contributed by atoms with E-state index < -0.39 is 17.7 Å². The van der Waals surface area contributed by atoms with Crippen LogP contribution in [0.3, 0.4) is 0 Å². The number of fused-ring (bicyclic) bond motifs is 3. The van der Waals surface area contributed by atoms with Gasteiger partial charge in [0.25, 0.3) is 0 Å². The molecule has 15 heteroatoms. The summed E-state index contributed by atoms with van der Waals surface area (Å²) in [7, 11) is 0. The van der Waals surface area contributed by atoms with Gasteiger partial charge in [0.1, 0.15) is 0 Å². The first-order chi connectivity index (χ1) is 37.9. The topological polar surface area (TPSA) is 205 Å². The van der Waals surface area contributed by atoms with Crippen LogP contribution < -0.4 is 37.2 Å². The third kappa shape index (κ3) is 11.9. The van der Waals surface area contributed by atoms with Crippen LogP contribution in [0.2, 0.25) is 0 Å². The number of piperazine rings is 3. The van der Waals surface area contributed by atoms with Gasteiger partial charge in [-0.2, -0.15) is 0 Å². The monoisotopic (exact) mass is 1040 g/mol. The van der Waals surface area contributed by atoms with Gasteiger partial charge >= 0.3 is 0 Å². The molecule has 6 aromatic carbocycles. The second-order valence-corrected chi connectivity index (χ2v) is 20.8. The number of hydrogen-bond donors (Lipinski definition) is 7. The zero-order chi connectivity index (χ0) is 54.3. The lowest BCUT2D eigenvalue weighted by molar-refractivity contribution is 0.0993. The molecule has 0 unspecified atom stereocenters. The maximum atomic E-state index is 11.6. The van der Waals surface area contributed by atoms with Crippen LogP contribution >= 0.6 is 0 Å². The Morgan fingerprint density at radius 2 is 0.782 bits per heavy atom. The molecule has 6 heterocycles. The molecule has 0 spiro atoms. The molecular formula is C63H72N12O3. The molecule has 0 bridgehead atoms. The number of nitrogens with zero attached hydrogens (tertiary/aromatic N) is 5. The van der Waals surface area contributed by atoms with Crippen LogP contribution in [0, 0.1) is 0 Å². The van der Waals surface area contributed by atoms with E-state index in [1.165, 1.54) is 30.0 Å². The van der Waals surface area contributed by atoms with E-state index in [2.05, 4.69) is 138 Å². The standard InChI is InChI=1S/2C22H26N4O.C19H20N4O/c1-15(2)25-10-12-26(13-11-25)17-8-6-16(7-9-17)21-14-19-18(22(23)27)4-3-5-20(19)24-21;1-2-10-25-11-13-26(14-12-25)17-8-6-16(7-9-17)21-15-19-18(22(23)27)4-3-5-20(19)24-21;20-19(24)15-2-1-3-17-16(15)12-18(22-17)13-4-6-14(7-5-13)23-10-8-21-9-11-23/h3-9,14-15,24H,10-13H2,1-2H3,(H2,23,27);3-9,15,24H,2,10-14H2,1H3,(H2,23,27);1-7,12,21-22H,8-11H2,(H2,20,24). The average molecular weight is 1050 g/mol. The van der Waals surface area contributed by atoms with Crippen molar-refractivity contribution in [3.05, 3.63) is 162 Å². The molecule has 3 aliphatic heterocycles. The average Bonchev–Trinajstić information content (AvgIpc) is 4.27. The third-order valence-electron chi connectivity index (χ3n) is 15.5. The zero-order valence-electron chi connectivity index (χ0n) is 45.0. The molecule has 0 aliphatic carbocycles. The number of aromatic nitrogens is 3. The Hall–Kier alpha value is -8.37. The summed E-state index contributed by atoms with van der Waals surface area (Å²) in [5.41, 5.74) is 31.0. The first-order valence-electron chi connectivity index (χ1n) is 27.4. The molecular weight excluding hydrogens is 973 g/mol. The molecule has 0 saturated carbocycles. The highest BCUT2D eigenvalue weighted by atomic mass is 16.2. The van der Waals surface area contributed by atoms with Gasteiger partial charge in [0.15, 0.2) is 0 Å². The van der Waals surface area contributed by atoms with E-state index >= 15 is 0 Å². The zero-order valence-corrected chi connectivity index (χ0v) is 45.0. The molecule has 12 rings (SSSR count). The third-order valence-corrected chi connectivity index (χ3v) is 15.5. The highest BCUT2D eigenvalue weighted by Crippen LogP contribution is 2.32. The van der Waals surface area contributed by atoms with Crippen molar-refractivity contribution >= 4 is 67.5 Å². The van der Waals surface area contributed by atoms with Crippen LogP contribution in [0.4, 0.5) is 17.1 Å². The number of carbonyl (C=O) groups excluding carboxylic acids is 3. The Kier molecular flexibility index (Phi) is 16.2. The van der Waals surface area contributed by atoms with Crippen LogP contribution in [0.1, 0.15) is 58.3 Å². The lowest BCUT2D eigenvalue weighted by atomic mass is 10.1. The van der Waals surface area contributed by atoms with Gasteiger partial charge in [-0.1, -0.05) is 61.5 Å². The molecule has 3 saturated heterocycles. The van der Waals surface area contributed by atoms with Crippen molar-refractivity contribution in [3.8, 4) is 33.8 Å². The van der Waals surface area contributed by atoms with Crippen LogP contribution in [0.15, 0.2) is 146 Å². The Morgan fingerprint density at radius 3 is 1.10 bits per heavy atom. The van der Waals surface area contributed by atoms with Crippen LogP contribution in [-0.4, -0.2) is 134 Å². The molecule has 9 aromatic rings. The summed E-state index contributed by atoms with van der Waals surface area (Å²) in [5.74, 6) is -1.20. The quantitative estimate of drug-likeness (QED) is 0.0622. The number of amides is 3. The maximum Gasteiger partial charge on any atom is 0.249 e. The minimum absolute atomic E-state index is 0.399. The molecule has 3 amide bonds. The van der Waals surface area contributed by atoms with Crippen molar-refractivity contribution < 1.29 is 14.4 Å². The minimum Gasteiger partial charge on any atom is -0.369 e. The predicted molar refractivity (Wildman–Crippen MR) is 320 cm³/mol. The fourth-order valence-electron chi connectivity index (χ4n) is 11.1. The van der Waals surface area contributed by atoms with Gasteiger partial charge in [-0.05, 0) is 134 Å². The van der Waals surface area contributed by atoms with Crippen molar-refractivity contribution in [3.63, 3.8) is 0 Å². The first kappa shape index (κ1) is 53.0. The second-order valence-electron chi connectivity index (χ2n) is 20.8. The number of aromatic amines is 3. The van der Waals surface area contributed by atoms with E-state index in [9.17, 15) is 14.4 Å². The number of H-pyrrole nitrogens is 3. The largest absolute Gasteiger partial charge is 0.369 e. The fourth-order valence-corrected chi connectivity index (χ4v) is 11.1. The van der Waals surface area contributed by atoms with Crippen LogP contribution in [0.25, 0.3) is 66.5 Å². The van der Waals surface area contributed by atoms with E-state index in [1.807, 2.05) is 54.6 Å². The smallest absolute Gasteiger partial charge is 0.249 e. The number of nitrogens with one attached hydrogen (secondary N) is 4. The van der Waals surface area contributed by atoms with Gasteiger partial charge in [0.05, 0.1) is 0 Å². The molecule has 10 N–H and O–H groups in total. The number of carbonyl (C=O) groups is 3. The minimum atomic E-state index is -0.403. The van der Waals surface area contributed by atoms with E-state index in [0.29, 0.717) is 22.7 Å². The van der Waals surface area contributed by atoms with Crippen molar-refractivity contribution in [1.82, 2.24) is 30.1 Å². The summed E-state index contributed by atoms with van der Waals surface area (Å²) < 4.78 is 0. The predicted octanol–water partition coefficient (Wildman–Crippen LogP) is 9.27. The molecule has 3 aliphatic rings. The van der Waals surface area contributed by atoms with Gasteiger partial charge in [0.2, 0.25) is 17.7 Å². The SMILES string of the molecule is CC(C)N1CCN(c2ccc(-c3cc4c(C(N)=O)cccc4[nH]3)cc2)CC1.CCCN1CCN(c2ccc(-c3cc4c(C(N)=O)cccc4[nH]3)cc2)CC1.NC(=O)c1cccc2[nH]c(-c3ccc(N4CCNCC4)cc3)cc12. The van der Waals surface area contributed by atoms with Crippen molar-refractivity contribution in [2.24, 2.45) is 17.2 Å². The van der Waals surface area contributed by atoms with Gasteiger partial charge in [-0.25, -0.2) is 0 Å². The molecule has 3 fully saturated rings. The molecule has 0 radical (unpaired) electrons. The van der Waals surface area contributed by atoms with Crippen molar-refractivity contribution in [2.45, 2.75) is 33.2 Å². The van der Waals surface area contributed by atoms with E-state index in [4.69, 9.17) is 17.2 Å². The maximum absolute atomic E-state index is 11.6. The molecule has 3 aromatic heterocycles. The van der Waals surface area contributed by atoms with Crippen LogP contribution in [0.5, 0.6) is 0 Å². The van der Waals surface area contributed by atoms with E-state index in [-0.39, 0.29) is 0 Å². The molecule has 78 heavy (non-hydrogen) atoms. The van der Waals surface area contributed by atoms with E-state index in [1.54, 1.807) is 18.2 Å². The summed E-state index contributed by atoms with van der Waals surface area (Å²) in [6, 6.07) is 49.2. The van der Waals surface area contributed by atoms with Crippen molar-refractivity contribution in [1.29, 1.82) is 0 Å². The number of anilines is 3. The number of primary amides is 3. The van der Waals surface area contributed by atoms with Gasteiger partial charge in [0, 0.05) is 168 Å². The Labute approximate surface area is 456 Å². The van der Waals surface area contributed by atoms with E-state index in [0.717, 1.165) is 145 Å². The molecule has 15 nitrogen and oxygen atoms in total. The second kappa shape index (κ2) is 23.9. The van der Waals surface area contributed by atoms with Gasteiger partial charge in [-0.3, -0.25) is 24.2 Å². The first-order valence-corrected chi connectivity index (χ1v) is 27.4. The lowest BCUT2D eigenvalue weighted by Crippen LogP contribution is -2.48. The highest BCUT2D eigenvalue weighted by molar-refractivity contribution is 6.08. The number of rotatable bonds is 12. The normalized spacial score (nSPS) is 15.3. The highest BCUT2D eigenvalue weighted by Gasteiger charge is 2.21. The number of benzene rings is 6. The lowest BCUT2D eigenvalue weighted by Gasteiger charge is -2.38. The fraction of sp³-hybridized carbons (Fsp3) is 0.286. The molecule has 402 valence electrons. The Bertz CT molecular complexity index is 3500. The summed E-state index contributed by atoms with van der Waals surface area (Å²) in [6.45, 7) is 20.8. The summed E-state index contributed by atoms with van der Waals surface area (Å²) in [5, 5.41) is 5.97. The summed E-state index contributed by atoms with van der Waals surface area (Å²) in [6.07, 6.45) is 1.22. The number of nitrogens with two attached hydrogens (primary N) is 3. The number of hydrogen-bond acceptors (Lipinski definition) is 9.